The van der Waals surface area contributed by atoms with Gasteiger partial charge in [0.2, 0.25) is 0 Å². The second kappa shape index (κ2) is 7.45. The van der Waals surface area contributed by atoms with E-state index in [0.29, 0.717) is 12.1 Å². The van der Waals surface area contributed by atoms with Crippen molar-refractivity contribution in [1.82, 2.24) is 0 Å². The maximum Gasteiger partial charge on any atom is 0.462 e. The molecule has 0 radical (unpaired) electrons. The first kappa shape index (κ1) is 24.6. The Balaban J connectivity index is 3.32. The first-order valence-corrected chi connectivity index (χ1v) is 6.62. The van der Waals surface area contributed by atoms with Gasteiger partial charge in [0.15, 0.2) is 0 Å². The Bertz CT molecular complexity index is 750. The summed E-state index contributed by atoms with van der Waals surface area (Å²) in [5.41, 5.74) is -1.77. The Labute approximate surface area is 152 Å². The molecule has 0 aliphatic carbocycles. The summed E-state index contributed by atoms with van der Waals surface area (Å²) >= 11 is 0. The van der Waals surface area contributed by atoms with Crippen molar-refractivity contribution in [2.75, 3.05) is 10.5 Å². The number of hydrogen-bond donors (Lipinski definition) is 2. The van der Waals surface area contributed by atoms with Crippen LogP contribution in [-0.2, 0) is 9.53 Å². The highest BCUT2D eigenvalue weighted by Gasteiger charge is 2.79. The van der Waals surface area contributed by atoms with E-state index in [1.54, 1.807) is 0 Å². The second-order valence-corrected chi connectivity index (χ2v) is 5.06. The molecule has 166 valence electrons. The molecule has 29 heavy (non-hydrogen) atoms. The molecule has 0 unspecified atom stereocenters. The van der Waals surface area contributed by atoms with Crippen LogP contribution in [0.4, 0.5) is 59.7 Å². The van der Waals surface area contributed by atoms with Crippen LogP contribution in [0.2, 0.25) is 0 Å². The summed E-state index contributed by atoms with van der Waals surface area (Å²) in [5, 5.41) is 19.2. The smallest absolute Gasteiger partial charge is 0.462 e. The summed E-state index contributed by atoms with van der Waals surface area (Å²) in [5.74, 6) is -17.0. The van der Waals surface area contributed by atoms with Crippen LogP contribution >= 0.6 is 0 Å². The van der Waals surface area contributed by atoms with Gasteiger partial charge in [-0.15, -0.1) is 0 Å². The third kappa shape index (κ3) is 4.78. The molecule has 0 bridgehead atoms. The van der Waals surface area contributed by atoms with Gasteiger partial charge in [0, 0.05) is 5.69 Å². The van der Waals surface area contributed by atoms with Crippen molar-refractivity contribution >= 4 is 17.3 Å². The van der Waals surface area contributed by atoms with E-state index in [1.165, 1.54) is 0 Å². The number of amides is 1. The maximum atomic E-state index is 14.0. The van der Waals surface area contributed by atoms with Crippen LogP contribution < -0.4 is 10.5 Å². The van der Waals surface area contributed by atoms with Gasteiger partial charge in [-0.3, -0.25) is 14.7 Å². The SMILES string of the molecule is O=C(Nc1cccc(N([O-])O)c1)[C@](F)(OC(F)(F)C(F)(F)C(F)(F)F)C(F)(F)F. The Morgan fingerprint density at radius 1 is 0.966 bits per heavy atom. The van der Waals surface area contributed by atoms with Gasteiger partial charge in [0.25, 0.3) is 5.91 Å². The molecule has 1 amide bonds. The number of carbonyl (C=O) groups excluding carboxylic acids is 1. The van der Waals surface area contributed by atoms with Crippen molar-refractivity contribution in [1.29, 1.82) is 0 Å². The molecule has 17 heteroatoms. The fraction of sp³-hybridized carbons (Fsp3) is 0.417. The van der Waals surface area contributed by atoms with Crippen LogP contribution in [0.1, 0.15) is 0 Å². The summed E-state index contributed by atoms with van der Waals surface area (Å²) in [7, 11) is 0. The predicted octanol–water partition coefficient (Wildman–Crippen LogP) is 4.35. The fourth-order valence-electron chi connectivity index (χ4n) is 1.55. The van der Waals surface area contributed by atoms with Gasteiger partial charge >= 0.3 is 30.2 Å². The standard InChI is InChI=1S/C12H6F11N2O4/c13-8(10(16,17)18,29-12(22,23)9(14,15)11(19,20)21)7(26)24-5-2-1-3-6(4-5)25(27)28/h1-4,27H,(H,24,26)/q-1/t8-/m0/s1. The average molecular weight is 451 g/mol. The molecule has 1 aromatic rings. The monoisotopic (exact) mass is 451 g/mol. The number of ether oxygens (including phenoxy) is 1. The summed E-state index contributed by atoms with van der Waals surface area (Å²) in [4.78, 5) is 11.5. The number of carbonyl (C=O) groups is 1. The molecule has 2 N–H and O–H groups in total. The van der Waals surface area contributed by atoms with Gasteiger partial charge in [0.1, 0.15) is 0 Å². The van der Waals surface area contributed by atoms with E-state index in [2.05, 4.69) is 4.74 Å². The van der Waals surface area contributed by atoms with Crippen molar-refractivity contribution in [3.63, 3.8) is 0 Å². The summed E-state index contributed by atoms with van der Waals surface area (Å²) in [6, 6.07) is 2.55. The first-order valence-electron chi connectivity index (χ1n) is 6.62. The van der Waals surface area contributed by atoms with Gasteiger partial charge in [-0.2, -0.15) is 48.3 Å². The van der Waals surface area contributed by atoms with Crippen LogP contribution in [0.5, 0.6) is 0 Å². The lowest BCUT2D eigenvalue weighted by Crippen LogP contribution is -2.62. The fourth-order valence-corrected chi connectivity index (χ4v) is 1.55. The lowest BCUT2D eigenvalue weighted by atomic mass is 10.2. The second-order valence-electron chi connectivity index (χ2n) is 5.06. The minimum Gasteiger partial charge on any atom is -0.733 e. The number of halogens is 11. The summed E-state index contributed by atoms with van der Waals surface area (Å²) in [6.07, 6.45) is -21.2. The van der Waals surface area contributed by atoms with E-state index in [9.17, 15) is 58.3 Å². The lowest BCUT2D eigenvalue weighted by Gasteiger charge is -2.34. The molecule has 1 rings (SSSR count). The third-order valence-electron chi connectivity index (χ3n) is 2.97. The van der Waals surface area contributed by atoms with Gasteiger partial charge in [-0.1, -0.05) is 6.07 Å². The highest BCUT2D eigenvalue weighted by Crippen LogP contribution is 2.51. The molecule has 0 saturated carbocycles. The average Bonchev–Trinajstić information content (AvgIpc) is 2.52. The number of hydrogen-bond acceptors (Lipinski definition) is 5. The normalized spacial score (nSPS) is 15.6. The molecule has 0 aromatic heterocycles. The molecule has 1 aromatic carbocycles. The van der Waals surface area contributed by atoms with E-state index >= 15 is 0 Å². The molecule has 0 aliphatic heterocycles. The Morgan fingerprint density at radius 3 is 1.90 bits per heavy atom. The number of anilines is 2. The van der Waals surface area contributed by atoms with Crippen molar-refractivity contribution in [3.05, 3.63) is 29.5 Å². The minimum absolute atomic E-state index is 0.365. The molecule has 0 saturated heterocycles. The molecular formula is C12H6F11N2O4-. The van der Waals surface area contributed by atoms with Crippen LogP contribution in [0.15, 0.2) is 24.3 Å². The molecule has 0 fully saturated rings. The van der Waals surface area contributed by atoms with E-state index < -0.39 is 52.7 Å². The van der Waals surface area contributed by atoms with Gasteiger partial charge < -0.3 is 15.8 Å². The largest absolute Gasteiger partial charge is 0.733 e. The Morgan fingerprint density at radius 2 is 1.48 bits per heavy atom. The molecule has 0 heterocycles. The number of nitrogens with one attached hydrogen (secondary N) is 1. The highest BCUT2D eigenvalue weighted by molar-refractivity contribution is 5.97. The number of rotatable bonds is 6. The van der Waals surface area contributed by atoms with Crippen molar-refractivity contribution in [2.45, 2.75) is 30.2 Å². The van der Waals surface area contributed by atoms with Gasteiger partial charge in [-0.05, 0) is 18.2 Å². The zero-order valence-electron chi connectivity index (χ0n) is 13.1. The number of alkyl halides is 11. The van der Waals surface area contributed by atoms with Crippen LogP contribution in [0.25, 0.3) is 0 Å². The Hall–Kier alpha value is -2.40. The van der Waals surface area contributed by atoms with Crippen molar-refractivity contribution in [2.24, 2.45) is 0 Å². The Kier molecular flexibility index (Phi) is 6.33. The van der Waals surface area contributed by atoms with Crippen molar-refractivity contribution < 1.29 is 63.0 Å². The van der Waals surface area contributed by atoms with Gasteiger partial charge in [-0.25, -0.2) is 0 Å². The maximum absolute atomic E-state index is 14.0. The molecule has 0 spiro atoms. The molecule has 0 aliphatic rings. The van der Waals surface area contributed by atoms with E-state index in [4.69, 9.17) is 5.21 Å². The van der Waals surface area contributed by atoms with E-state index in [1.807, 2.05) is 0 Å². The predicted molar refractivity (Wildman–Crippen MR) is 69.6 cm³/mol. The van der Waals surface area contributed by atoms with Gasteiger partial charge in [0.05, 0.1) is 5.69 Å². The van der Waals surface area contributed by atoms with E-state index in [0.717, 1.165) is 17.4 Å². The minimum atomic E-state index is -7.32. The third-order valence-corrected chi connectivity index (χ3v) is 2.97. The zero-order chi connectivity index (χ0) is 23.1. The van der Waals surface area contributed by atoms with Crippen LogP contribution in [0, 0.1) is 5.21 Å². The topological polar surface area (TPSA) is 84.9 Å². The highest BCUT2D eigenvalue weighted by atomic mass is 19.4. The summed E-state index contributed by atoms with van der Waals surface area (Å²) < 4.78 is 142. The van der Waals surface area contributed by atoms with Crippen LogP contribution in [0.3, 0.4) is 0 Å². The number of nitrogens with zero attached hydrogens (tertiary/aromatic N) is 1. The molecule has 6 nitrogen and oxygen atoms in total. The van der Waals surface area contributed by atoms with Crippen LogP contribution in [-0.4, -0.2) is 41.4 Å². The van der Waals surface area contributed by atoms with Crippen molar-refractivity contribution in [3.8, 4) is 0 Å². The summed E-state index contributed by atoms with van der Waals surface area (Å²) in [6.45, 7) is 0. The molecular weight excluding hydrogens is 445 g/mol. The van der Waals surface area contributed by atoms with E-state index in [-0.39, 0.29) is 0 Å². The quantitative estimate of drug-likeness (QED) is 0.496. The zero-order valence-corrected chi connectivity index (χ0v) is 13.1. The number of benzene rings is 1. The lowest BCUT2D eigenvalue weighted by molar-refractivity contribution is -0.472. The molecule has 1 atom stereocenters. The first-order chi connectivity index (χ1) is 12.8.